The molecule has 2 rings (SSSR count). The highest BCUT2D eigenvalue weighted by Crippen LogP contribution is 2.29. The molecular formula is C13H7F6NO3S. The Bertz CT molecular complexity index is 887. The average Bonchev–Trinajstić information content (AvgIpc) is 2.52. The molecule has 0 saturated carbocycles. The molecule has 1 N–H and O–H groups in total. The molecule has 0 unspecified atom stereocenters. The van der Waals surface area contributed by atoms with E-state index >= 15 is 0 Å². The van der Waals surface area contributed by atoms with Crippen molar-refractivity contribution in [2.24, 2.45) is 0 Å². The molecule has 2 aromatic rings. The maximum Gasteiger partial charge on any atom is 0.268 e. The van der Waals surface area contributed by atoms with Crippen molar-refractivity contribution in [2.45, 2.75) is 4.90 Å². The van der Waals surface area contributed by atoms with Crippen LogP contribution >= 0.6 is 0 Å². The van der Waals surface area contributed by atoms with Gasteiger partial charge < -0.3 is 4.74 Å². The Kier molecular flexibility index (Phi) is 4.65. The van der Waals surface area contributed by atoms with E-state index in [1.165, 1.54) is 11.8 Å². The van der Waals surface area contributed by atoms with Crippen LogP contribution in [0.15, 0.2) is 23.1 Å². The number of sulfonamides is 1. The minimum Gasteiger partial charge on any atom is -0.497 e. The number of benzene rings is 2. The summed E-state index contributed by atoms with van der Waals surface area (Å²) in [6.07, 6.45) is 0. The summed E-state index contributed by atoms with van der Waals surface area (Å²) in [6, 6.07) is 2.70. The van der Waals surface area contributed by atoms with Gasteiger partial charge in [-0.05, 0) is 12.1 Å². The Hall–Kier alpha value is -2.43. The smallest absolute Gasteiger partial charge is 0.268 e. The van der Waals surface area contributed by atoms with Crippen molar-refractivity contribution in [1.29, 1.82) is 0 Å². The zero-order valence-corrected chi connectivity index (χ0v) is 12.4. The minimum atomic E-state index is -5.31. The number of nitrogens with one attached hydrogen (secondary N) is 1. The van der Waals surface area contributed by atoms with Gasteiger partial charge in [-0.2, -0.15) is 0 Å². The first-order valence-electron chi connectivity index (χ1n) is 5.98. The third kappa shape index (κ3) is 2.98. The molecule has 130 valence electrons. The van der Waals surface area contributed by atoms with Crippen LogP contribution in [-0.4, -0.2) is 15.5 Å². The lowest BCUT2D eigenvalue weighted by Gasteiger charge is -2.12. The van der Waals surface area contributed by atoms with Crippen LogP contribution in [0.1, 0.15) is 0 Å². The van der Waals surface area contributed by atoms with E-state index in [1.54, 1.807) is 0 Å². The van der Waals surface area contributed by atoms with Gasteiger partial charge in [-0.15, -0.1) is 0 Å². The number of hydrogen-bond acceptors (Lipinski definition) is 3. The van der Waals surface area contributed by atoms with Crippen molar-refractivity contribution in [3.05, 3.63) is 53.1 Å². The molecule has 0 radical (unpaired) electrons. The molecule has 0 aliphatic heterocycles. The van der Waals surface area contributed by atoms with Crippen LogP contribution < -0.4 is 9.46 Å². The fraction of sp³-hybridized carbons (Fsp3) is 0.0769. The lowest BCUT2D eigenvalue weighted by atomic mass is 10.3. The minimum absolute atomic E-state index is 0.00619. The zero-order valence-electron chi connectivity index (χ0n) is 11.6. The number of anilines is 1. The molecule has 0 heterocycles. The van der Waals surface area contributed by atoms with E-state index in [0.29, 0.717) is 0 Å². The van der Waals surface area contributed by atoms with Gasteiger partial charge in [0, 0.05) is 6.07 Å². The molecule has 0 aliphatic carbocycles. The quantitative estimate of drug-likeness (QED) is 0.510. The van der Waals surface area contributed by atoms with E-state index in [2.05, 4.69) is 4.74 Å². The molecule has 0 amide bonds. The van der Waals surface area contributed by atoms with Crippen LogP contribution in [0.25, 0.3) is 0 Å². The van der Waals surface area contributed by atoms with Crippen molar-refractivity contribution in [1.82, 2.24) is 0 Å². The van der Waals surface area contributed by atoms with E-state index in [9.17, 15) is 34.8 Å². The van der Waals surface area contributed by atoms with E-state index in [4.69, 9.17) is 0 Å². The zero-order chi connectivity index (χ0) is 18.2. The number of methoxy groups -OCH3 is 1. The summed E-state index contributed by atoms with van der Waals surface area (Å²) in [6.45, 7) is 0. The SMILES string of the molecule is COc1ccc(NS(=O)(=O)c2c(F)c(F)c(F)c(F)c2F)c(F)c1. The maximum absolute atomic E-state index is 13.7. The molecule has 4 nitrogen and oxygen atoms in total. The highest BCUT2D eigenvalue weighted by molar-refractivity contribution is 7.92. The van der Waals surface area contributed by atoms with E-state index < -0.39 is 55.5 Å². The largest absolute Gasteiger partial charge is 0.497 e. The summed E-state index contributed by atoms with van der Waals surface area (Å²) in [5.74, 6) is -13.7. The van der Waals surface area contributed by atoms with E-state index in [1.807, 2.05) is 0 Å². The molecule has 0 fully saturated rings. The summed E-state index contributed by atoms with van der Waals surface area (Å²) >= 11 is 0. The van der Waals surface area contributed by atoms with Gasteiger partial charge in [-0.3, -0.25) is 4.72 Å². The van der Waals surface area contributed by atoms with Crippen molar-refractivity contribution in [2.75, 3.05) is 11.8 Å². The molecular weight excluding hydrogens is 364 g/mol. The standard InChI is InChI=1S/C13H7F6NO3S/c1-23-5-2-3-7(6(14)4-5)20-24(21,22)13-11(18)9(16)8(15)10(17)12(13)19/h2-4,20H,1H3. The molecule has 0 saturated heterocycles. The van der Waals surface area contributed by atoms with Gasteiger partial charge in [0.05, 0.1) is 12.8 Å². The van der Waals surface area contributed by atoms with Gasteiger partial charge in [0.25, 0.3) is 10.0 Å². The number of ether oxygens (including phenoxy) is 1. The second kappa shape index (κ2) is 6.23. The number of halogens is 6. The van der Waals surface area contributed by atoms with Crippen molar-refractivity contribution >= 4 is 15.7 Å². The van der Waals surface area contributed by atoms with Crippen LogP contribution in [0, 0.1) is 34.9 Å². The molecule has 24 heavy (non-hydrogen) atoms. The van der Waals surface area contributed by atoms with Crippen molar-refractivity contribution in [3.63, 3.8) is 0 Å². The molecule has 0 atom stereocenters. The molecule has 11 heteroatoms. The maximum atomic E-state index is 13.7. The molecule has 0 aromatic heterocycles. The lowest BCUT2D eigenvalue weighted by molar-refractivity contribution is 0.358. The van der Waals surface area contributed by atoms with Gasteiger partial charge in [-0.25, -0.2) is 34.8 Å². The first-order valence-corrected chi connectivity index (χ1v) is 7.46. The Morgan fingerprint density at radius 2 is 1.38 bits per heavy atom. The molecule has 0 bridgehead atoms. The van der Waals surface area contributed by atoms with Gasteiger partial charge in [0.1, 0.15) is 5.75 Å². The summed E-state index contributed by atoms with van der Waals surface area (Å²) in [5, 5.41) is 0. The van der Waals surface area contributed by atoms with Crippen LogP contribution in [-0.2, 0) is 10.0 Å². The molecule has 0 spiro atoms. The summed E-state index contributed by atoms with van der Waals surface area (Å²) in [4.78, 5) is -2.12. The number of hydrogen-bond donors (Lipinski definition) is 1. The van der Waals surface area contributed by atoms with E-state index in [0.717, 1.165) is 18.2 Å². The lowest BCUT2D eigenvalue weighted by Crippen LogP contribution is -2.20. The first-order chi connectivity index (χ1) is 11.1. The van der Waals surface area contributed by atoms with Gasteiger partial charge in [-0.1, -0.05) is 0 Å². The van der Waals surface area contributed by atoms with E-state index in [-0.39, 0.29) is 5.75 Å². The third-order valence-electron chi connectivity index (χ3n) is 2.86. The normalized spacial score (nSPS) is 11.5. The predicted octanol–water partition coefficient (Wildman–Crippen LogP) is 3.33. The Balaban J connectivity index is 2.57. The van der Waals surface area contributed by atoms with Gasteiger partial charge >= 0.3 is 0 Å². The van der Waals surface area contributed by atoms with Crippen molar-refractivity contribution < 1.29 is 39.5 Å². The van der Waals surface area contributed by atoms with Gasteiger partial charge in [0.15, 0.2) is 34.0 Å². The Labute approximate surface area is 131 Å². The highest BCUT2D eigenvalue weighted by atomic mass is 32.2. The van der Waals surface area contributed by atoms with Crippen molar-refractivity contribution in [3.8, 4) is 5.75 Å². The second-order valence-electron chi connectivity index (χ2n) is 4.35. The first kappa shape index (κ1) is 17.9. The predicted molar refractivity (Wildman–Crippen MR) is 70.0 cm³/mol. The van der Waals surface area contributed by atoms with Crippen LogP contribution in [0.2, 0.25) is 0 Å². The van der Waals surface area contributed by atoms with Crippen LogP contribution in [0.4, 0.5) is 32.0 Å². The highest BCUT2D eigenvalue weighted by Gasteiger charge is 2.34. The number of rotatable bonds is 4. The Morgan fingerprint density at radius 3 is 1.83 bits per heavy atom. The van der Waals surface area contributed by atoms with Crippen LogP contribution in [0.3, 0.4) is 0 Å². The average molecular weight is 371 g/mol. The topological polar surface area (TPSA) is 55.4 Å². The van der Waals surface area contributed by atoms with Crippen LogP contribution in [0.5, 0.6) is 5.75 Å². The fourth-order valence-electron chi connectivity index (χ4n) is 1.72. The Morgan fingerprint density at radius 1 is 0.875 bits per heavy atom. The summed E-state index contributed by atoms with van der Waals surface area (Å²) in [5.41, 5.74) is -0.778. The summed E-state index contributed by atoms with van der Waals surface area (Å²) < 4.78 is 110. The molecule has 0 aliphatic rings. The summed E-state index contributed by atoms with van der Waals surface area (Å²) in [7, 11) is -4.10. The monoisotopic (exact) mass is 371 g/mol. The third-order valence-corrected chi connectivity index (χ3v) is 4.24. The molecule has 2 aromatic carbocycles. The van der Waals surface area contributed by atoms with Gasteiger partial charge in [0.2, 0.25) is 5.82 Å². The fourth-order valence-corrected chi connectivity index (χ4v) is 2.93. The second-order valence-corrected chi connectivity index (χ2v) is 5.97.